The molecule has 0 atom stereocenters. The van der Waals surface area contributed by atoms with Gasteiger partial charge in [-0.1, -0.05) is 44.0 Å². The molecule has 0 saturated carbocycles. The summed E-state index contributed by atoms with van der Waals surface area (Å²) in [7, 11) is 0. The molecule has 3 aromatic carbocycles. The molecule has 0 unspecified atom stereocenters. The SMILES string of the molecule is CC(C)(C)OC(=O)N1CCN(C(=O)c2ccc(Oc3cccc(Br)c3)cc2)c2cc(Br)ccc2C1. The van der Waals surface area contributed by atoms with Crippen LogP contribution in [0.2, 0.25) is 0 Å². The first-order valence-corrected chi connectivity index (χ1v) is 12.8. The zero-order chi connectivity index (χ0) is 25.2. The third-order valence-corrected chi connectivity index (χ3v) is 6.31. The highest BCUT2D eigenvalue weighted by atomic mass is 79.9. The number of benzene rings is 3. The number of hydrogen-bond donors (Lipinski definition) is 0. The van der Waals surface area contributed by atoms with E-state index < -0.39 is 11.7 Å². The lowest BCUT2D eigenvalue weighted by Crippen LogP contribution is -2.40. The zero-order valence-electron chi connectivity index (χ0n) is 19.8. The van der Waals surface area contributed by atoms with Crippen LogP contribution in [0.15, 0.2) is 75.7 Å². The fourth-order valence-corrected chi connectivity index (χ4v) is 4.46. The van der Waals surface area contributed by atoms with Crippen molar-refractivity contribution in [1.82, 2.24) is 4.90 Å². The van der Waals surface area contributed by atoms with Gasteiger partial charge < -0.3 is 19.3 Å². The van der Waals surface area contributed by atoms with E-state index in [-0.39, 0.29) is 5.91 Å². The average Bonchev–Trinajstić information content (AvgIpc) is 2.97. The normalized spacial score (nSPS) is 13.6. The molecule has 1 aliphatic rings. The lowest BCUT2D eigenvalue weighted by atomic mass is 10.1. The number of hydrogen-bond acceptors (Lipinski definition) is 4. The van der Waals surface area contributed by atoms with Crippen molar-refractivity contribution in [1.29, 1.82) is 0 Å². The Kier molecular flexibility index (Phi) is 7.52. The molecule has 1 heterocycles. The highest BCUT2D eigenvalue weighted by Crippen LogP contribution is 2.31. The van der Waals surface area contributed by atoms with Crippen LogP contribution in [0.3, 0.4) is 0 Å². The first-order valence-electron chi connectivity index (χ1n) is 11.2. The molecule has 0 N–H and O–H groups in total. The lowest BCUT2D eigenvalue weighted by molar-refractivity contribution is 0.0242. The summed E-state index contributed by atoms with van der Waals surface area (Å²) >= 11 is 6.95. The summed E-state index contributed by atoms with van der Waals surface area (Å²) in [5.74, 6) is 1.19. The predicted octanol–water partition coefficient (Wildman–Crippen LogP) is 7.40. The molecule has 6 nitrogen and oxygen atoms in total. The summed E-state index contributed by atoms with van der Waals surface area (Å²) in [5, 5.41) is 0. The molecule has 4 rings (SSSR count). The predicted molar refractivity (Wildman–Crippen MR) is 143 cm³/mol. The minimum absolute atomic E-state index is 0.149. The molecule has 8 heteroatoms. The van der Waals surface area contributed by atoms with Gasteiger partial charge in [-0.25, -0.2) is 4.79 Å². The second kappa shape index (κ2) is 10.4. The van der Waals surface area contributed by atoms with E-state index in [1.165, 1.54) is 0 Å². The summed E-state index contributed by atoms with van der Waals surface area (Å²) in [6.07, 6.45) is -0.394. The van der Waals surface area contributed by atoms with Gasteiger partial charge in [0.05, 0.1) is 12.2 Å². The standard InChI is InChI=1S/C27H26Br2N2O4/c1-27(2,3)35-26(33)30-13-14-31(24-16-21(29)10-7-19(24)17-30)25(32)18-8-11-22(12-9-18)34-23-6-4-5-20(28)15-23/h4-12,15-16H,13-14,17H2,1-3H3. The van der Waals surface area contributed by atoms with Gasteiger partial charge in [-0.3, -0.25) is 4.79 Å². The molecule has 0 spiro atoms. The van der Waals surface area contributed by atoms with E-state index >= 15 is 0 Å². The van der Waals surface area contributed by atoms with Crippen molar-refractivity contribution in [3.05, 3.63) is 86.8 Å². The minimum Gasteiger partial charge on any atom is -0.457 e. The van der Waals surface area contributed by atoms with Crippen molar-refractivity contribution in [3.63, 3.8) is 0 Å². The number of rotatable bonds is 3. The Morgan fingerprint density at radius 2 is 1.57 bits per heavy atom. The lowest BCUT2D eigenvalue weighted by Gasteiger charge is -2.26. The van der Waals surface area contributed by atoms with Gasteiger partial charge in [0, 0.05) is 27.6 Å². The molecule has 0 aliphatic carbocycles. The molecule has 0 fully saturated rings. The molecule has 182 valence electrons. The molecule has 3 aromatic rings. The van der Waals surface area contributed by atoms with Crippen molar-refractivity contribution >= 4 is 49.5 Å². The summed E-state index contributed by atoms with van der Waals surface area (Å²) in [6.45, 7) is 6.59. The summed E-state index contributed by atoms with van der Waals surface area (Å²) in [5.41, 5.74) is 1.58. The Labute approximate surface area is 222 Å². The van der Waals surface area contributed by atoms with Gasteiger partial charge >= 0.3 is 6.09 Å². The van der Waals surface area contributed by atoms with Crippen LogP contribution in [0.25, 0.3) is 0 Å². The Balaban J connectivity index is 1.56. The zero-order valence-corrected chi connectivity index (χ0v) is 22.9. The van der Waals surface area contributed by atoms with Crippen LogP contribution < -0.4 is 9.64 Å². The Morgan fingerprint density at radius 1 is 0.857 bits per heavy atom. The maximum Gasteiger partial charge on any atom is 0.410 e. The van der Waals surface area contributed by atoms with E-state index in [1.807, 2.05) is 63.2 Å². The Hall–Kier alpha value is -2.84. The average molecular weight is 602 g/mol. The van der Waals surface area contributed by atoms with E-state index in [0.717, 1.165) is 20.2 Å². The summed E-state index contributed by atoms with van der Waals surface area (Å²) in [6, 6.07) is 20.4. The van der Waals surface area contributed by atoms with Gasteiger partial charge in [0.15, 0.2) is 0 Å². The van der Waals surface area contributed by atoms with E-state index in [2.05, 4.69) is 31.9 Å². The van der Waals surface area contributed by atoms with Gasteiger partial charge in [0.25, 0.3) is 5.91 Å². The van der Waals surface area contributed by atoms with Crippen molar-refractivity contribution in [2.45, 2.75) is 32.9 Å². The van der Waals surface area contributed by atoms with Gasteiger partial charge in [0.2, 0.25) is 0 Å². The van der Waals surface area contributed by atoms with Crippen LogP contribution in [0.4, 0.5) is 10.5 Å². The van der Waals surface area contributed by atoms with Crippen LogP contribution >= 0.6 is 31.9 Å². The first-order chi connectivity index (χ1) is 16.6. The van der Waals surface area contributed by atoms with Crippen LogP contribution in [-0.2, 0) is 11.3 Å². The molecule has 1 aliphatic heterocycles. The number of amides is 2. The third-order valence-electron chi connectivity index (χ3n) is 5.32. The molecular weight excluding hydrogens is 576 g/mol. The number of halogens is 2. The smallest absolute Gasteiger partial charge is 0.410 e. The fraction of sp³-hybridized carbons (Fsp3) is 0.259. The number of nitrogens with zero attached hydrogens (tertiary/aromatic N) is 2. The van der Waals surface area contributed by atoms with Crippen LogP contribution in [0.5, 0.6) is 11.5 Å². The van der Waals surface area contributed by atoms with Gasteiger partial charge in [-0.15, -0.1) is 0 Å². The van der Waals surface area contributed by atoms with E-state index in [9.17, 15) is 9.59 Å². The minimum atomic E-state index is -0.596. The maximum absolute atomic E-state index is 13.6. The number of ether oxygens (including phenoxy) is 2. The van der Waals surface area contributed by atoms with Crippen molar-refractivity contribution < 1.29 is 19.1 Å². The largest absolute Gasteiger partial charge is 0.457 e. The van der Waals surface area contributed by atoms with Gasteiger partial charge in [0.1, 0.15) is 17.1 Å². The monoisotopic (exact) mass is 600 g/mol. The van der Waals surface area contributed by atoms with Crippen molar-refractivity contribution in [2.24, 2.45) is 0 Å². The number of anilines is 1. The third kappa shape index (κ3) is 6.44. The highest BCUT2D eigenvalue weighted by Gasteiger charge is 2.29. The highest BCUT2D eigenvalue weighted by molar-refractivity contribution is 9.10. The molecular formula is C27H26Br2N2O4. The number of fused-ring (bicyclic) bond motifs is 1. The van der Waals surface area contributed by atoms with Crippen molar-refractivity contribution in [3.8, 4) is 11.5 Å². The van der Waals surface area contributed by atoms with Gasteiger partial charge in [-0.05, 0) is 80.9 Å². The number of carbonyl (C=O) groups is 2. The molecule has 0 saturated heterocycles. The molecule has 2 amide bonds. The molecule has 0 bridgehead atoms. The molecule has 0 aromatic heterocycles. The second-order valence-electron chi connectivity index (χ2n) is 9.22. The first kappa shape index (κ1) is 25.3. The maximum atomic E-state index is 13.6. The van der Waals surface area contributed by atoms with E-state index in [1.54, 1.807) is 34.1 Å². The quantitative estimate of drug-likeness (QED) is 0.314. The topological polar surface area (TPSA) is 59.1 Å². The summed E-state index contributed by atoms with van der Waals surface area (Å²) < 4.78 is 13.3. The van der Waals surface area contributed by atoms with Crippen LogP contribution in [-0.4, -0.2) is 35.6 Å². The van der Waals surface area contributed by atoms with Crippen molar-refractivity contribution in [2.75, 3.05) is 18.0 Å². The fourth-order valence-electron chi connectivity index (χ4n) is 3.73. The Morgan fingerprint density at radius 3 is 2.26 bits per heavy atom. The van der Waals surface area contributed by atoms with E-state index in [0.29, 0.717) is 36.7 Å². The number of carbonyl (C=O) groups excluding carboxylic acids is 2. The van der Waals surface area contributed by atoms with E-state index in [4.69, 9.17) is 9.47 Å². The second-order valence-corrected chi connectivity index (χ2v) is 11.0. The Bertz CT molecular complexity index is 1240. The van der Waals surface area contributed by atoms with Gasteiger partial charge in [-0.2, -0.15) is 0 Å². The van der Waals surface area contributed by atoms with Crippen LogP contribution in [0.1, 0.15) is 36.7 Å². The van der Waals surface area contributed by atoms with Crippen LogP contribution in [0, 0.1) is 0 Å². The molecule has 0 radical (unpaired) electrons. The summed E-state index contributed by atoms with van der Waals surface area (Å²) in [4.78, 5) is 29.7. The molecule has 35 heavy (non-hydrogen) atoms.